The fourth-order valence-corrected chi connectivity index (χ4v) is 2.84. The van der Waals surface area contributed by atoms with Gasteiger partial charge in [0.05, 0.1) is 16.8 Å². The van der Waals surface area contributed by atoms with E-state index >= 15 is 0 Å². The van der Waals surface area contributed by atoms with Gasteiger partial charge in [-0.25, -0.2) is 23.5 Å². The number of nitrogens with two attached hydrogens (primary N) is 1. The molecule has 0 fully saturated rings. The minimum atomic E-state index is -1.08. The molecule has 3 N–H and O–H groups in total. The Balaban J connectivity index is 0.000000176. The summed E-state index contributed by atoms with van der Waals surface area (Å²) in [4.78, 5) is 18.7. The lowest BCUT2D eigenvalue weighted by Gasteiger charge is -2.03. The predicted molar refractivity (Wildman–Crippen MR) is 106 cm³/mol. The Morgan fingerprint density at radius 1 is 1.10 bits per heavy atom. The fourth-order valence-electron chi connectivity index (χ4n) is 2.84. The molecule has 8 heteroatoms. The molecule has 0 bridgehead atoms. The first-order valence-corrected chi connectivity index (χ1v) is 8.61. The first kappa shape index (κ1) is 19.9. The van der Waals surface area contributed by atoms with Crippen LogP contribution in [0.4, 0.5) is 8.78 Å². The van der Waals surface area contributed by atoms with Gasteiger partial charge in [0.2, 0.25) is 0 Å². The number of aromatic nitrogens is 3. The smallest absolute Gasteiger partial charge is 0.339 e. The Morgan fingerprint density at radius 2 is 1.83 bits per heavy atom. The number of nitrogens with zero attached hydrogens (tertiary/aromatic N) is 3. The number of carboxylic acids is 1. The molecule has 4 rings (SSSR count). The number of carboxylic acid groups (broad SMARTS) is 1. The summed E-state index contributed by atoms with van der Waals surface area (Å²) in [7, 11) is 0. The van der Waals surface area contributed by atoms with Crippen LogP contribution < -0.4 is 5.84 Å². The van der Waals surface area contributed by atoms with Gasteiger partial charge >= 0.3 is 5.97 Å². The van der Waals surface area contributed by atoms with E-state index < -0.39 is 5.97 Å². The highest BCUT2D eigenvalue weighted by Gasteiger charge is 2.11. The Bertz CT molecular complexity index is 1200. The zero-order chi connectivity index (χ0) is 21.1. The van der Waals surface area contributed by atoms with Gasteiger partial charge in [0.15, 0.2) is 5.82 Å². The summed E-state index contributed by atoms with van der Waals surface area (Å²) in [5.74, 6) is 4.25. The molecular formula is C21H18F2N4O2. The first-order valence-electron chi connectivity index (χ1n) is 8.61. The summed E-state index contributed by atoms with van der Waals surface area (Å²) in [6, 6.07) is 10.4. The largest absolute Gasteiger partial charge is 0.478 e. The van der Waals surface area contributed by atoms with E-state index in [2.05, 4.69) is 9.97 Å². The highest BCUT2D eigenvalue weighted by molar-refractivity contribution is 5.88. The molecule has 0 atom stereocenters. The van der Waals surface area contributed by atoms with Crippen LogP contribution in [0.1, 0.15) is 21.6 Å². The van der Waals surface area contributed by atoms with E-state index in [1.165, 1.54) is 35.1 Å². The summed E-state index contributed by atoms with van der Waals surface area (Å²) in [6.07, 6.45) is 3.01. The number of hydrogen-bond acceptors (Lipinski definition) is 4. The standard InChI is InChI=1S/C12H9FN2O2.C9H9FN2/c1-7-10(12(16)17)6-14-11(15-7)8-3-2-4-9(13)5-8;1-6-5-12(11)9-3-2-7(10)4-8(6)9/h2-6H,1H3,(H,16,17);2-5H,11H2,1H3. The molecule has 0 saturated heterocycles. The van der Waals surface area contributed by atoms with Crippen LogP contribution in [-0.2, 0) is 0 Å². The van der Waals surface area contributed by atoms with Crippen LogP contribution in [0, 0.1) is 25.5 Å². The number of benzene rings is 2. The van der Waals surface area contributed by atoms with Crippen LogP contribution in [0.5, 0.6) is 0 Å². The molecule has 2 heterocycles. The van der Waals surface area contributed by atoms with E-state index in [1.54, 1.807) is 31.3 Å². The van der Waals surface area contributed by atoms with Crippen molar-refractivity contribution < 1.29 is 18.7 Å². The number of aryl methyl sites for hydroxylation is 2. The van der Waals surface area contributed by atoms with Crippen LogP contribution in [0.25, 0.3) is 22.3 Å². The topological polar surface area (TPSA) is 94.0 Å². The summed E-state index contributed by atoms with van der Waals surface area (Å²) in [5, 5.41) is 9.70. The summed E-state index contributed by atoms with van der Waals surface area (Å²) < 4.78 is 27.3. The van der Waals surface area contributed by atoms with Crippen molar-refractivity contribution in [1.82, 2.24) is 14.6 Å². The molecule has 2 aromatic heterocycles. The Morgan fingerprint density at radius 3 is 2.48 bits per heavy atom. The van der Waals surface area contributed by atoms with Gasteiger partial charge in [0.25, 0.3) is 0 Å². The average Bonchev–Trinajstić information content (AvgIpc) is 2.95. The molecule has 0 radical (unpaired) electrons. The Hall–Kier alpha value is -3.81. The molecule has 0 amide bonds. The third-order valence-electron chi connectivity index (χ3n) is 4.29. The predicted octanol–water partition coefficient (Wildman–Crippen LogP) is 4.09. The molecule has 0 aliphatic heterocycles. The number of carbonyl (C=O) groups is 1. The van der Waals surface area contributed by atoms with E-state index in [0.29, 0.717) is 17.1 Å². The lowest BCUT2D eigenvalue weighted by molar-refractivity contribution is 0.0695. The summed E-state index contributed by atoms with van der Waals surface area (Å²) >= 11 is 0. The van der Waals surface area contributed by atoms with Gasteiger partial charge in [-0.05, 0) is 49.7 Å². The molecule has 29 heavy (non-hydrogen) atoms. The normalized spacial score (nSPS) is 10.5. The first-order chi connectivity index (χ1) is 13.8. The number of hydrogen-bond donors (Lipinski definition) is 2. The van der Waals surface area contributed by atoms with Crippen LogP contribution in [0.3, 0.4) is 0 Å². The molecule has 148 valence electrons. The van der Waals surface area contributed by atoms with Gasteiger partial charge in [-0.3, -0.25) is 4.68 Å². The molecule has 0 unspecified atom stereocenters. The maximum absolute atomic E-state index is 13.0. The lowest BCUT2D eigenvalue weighted by atomic mass is 10.2. The summed E-state index contributed by atoms with van der Waals surface area (Å²) in [5.41, 5.74) is 2.77. The highest BCUT2D eigenvalue weighted by Crippen LogP contribution is 2.19. The molecule has 4 aromatic rings. The maximum atomic E-state index is 13.0. The zero-order valence-electron chi connectivity index (χ0n) is 15.7. The van der Waals surface area contributed by atoms with Crippen molar-refractivity contribution in [3.63, 3.8) is 0 Å². The lowest BCUT2D eigenvalue weighted by Crippen LogP contribution is -2.04. The second-order valence-electron chi connectivity index (χ2n) is 6.39. The van der Waals surface area contributed by atoms with Gasteiger partial charge < -0.3 is 10.9 Å². The minimum Gasteiger partial charge on any atom is -0.478 e. The molecule has 0 aliphatic rings. The van der Waals surface area contributed by atoms with Crippen molar-refractivity contribution in [3.05, 3.63) is 83.3 Å². The maximum Gasteiger partial charge on any atom is 0.339 e. The average molecular weight is 396 g/mol. The van der Waals surface area contributed by atoms with Crippen molar-refractivity contribution >= 4 is 16.9 Å². The minimum absolute atomic E-state index is 0.0464. The van der Waals surface area contributed by atoms with E-state index in [1.807, 2.05) is 6.92 Å². The van der Waals surface area contributed by atoms with Crippen LogP contribution in [-0.4, -0.2) is 25.7 Å². The quantitative estimate of drug-likeness (QED) is 0.498. The molecule has 0 spiro atoms. The molecular weight excluding hydrogens is 378 g/mol. The molecule has 0 aliphatic carbocycles. The van der Waals surface area contributed by atoms with Crippen molar-refractivity contribution in [1.29, 1.82) is 0 Å². The molecule has 6 nitrogen and oxygen atoms in total. The molecule has 2 aromatic carbocycles. The van der Waals surface area contributed by atoms with E-state index in [9.17, 15) is 13.6 Å². The van der Waals surface area contributed by atoms with Crippen LogP contribution in [0.15, 0.2) is 54.9 Å². The van der Waals surface area contributed by atoms with Crippen molar-refractivity contribution in [2.45, 2.75) is 13.8 Å². The van der Waals surface area contributed by atoms with Crippen molar-refractivity contribution in [3.8, 4) is 11.4 Å². The van der Waals surface area contributed by atoms with Crippen LogP contribution in [0.2, 0.25) is 0 Å². The van der Waals surface area contributed by atoms with E-state index in [4.69, 9.17) is 10.9 Å². The Kier molecular flexibility index (Phi) is 5.54. The third-order valence-corrected chi connectivity index (χ3v) is 4.29. The number of rotatable bonds is 2. The summed E-state index contributed by atoms with van der Waals surface area (Å²) in [6.45, 7) is 3.49. The van der Waals surface area contributed by atoms with Crippen LogP contribution >= 0.6 is 0 Å². The Labute approximate surface area is 165 Å². The fraction of sp³-hybridized carbons (Fsp3) is 0.0952. The highest BCUT2D eigenvalue weighted by atomic mass is 19.1. The number of fused-ring (bicyclic) bond motifs is 1. The number of nitrogen functional groups attached to an aromatic ring is 1. The molecule has 0 saturated carbocycles. The van der Waals surface area contributed by atoms with Gasteiger partial charge in [-0.15, -0.1) is 0 Å². The SMILES string of the molecule is Cc1cn(N)c2ccc(F)cc12.Cc1nc(-c2cccc(F)c2)ncc1C(=O)O. The van der Waals surface area contributed by atoms with Gasteiger partial charge in [0, 0.05) is 23.3 Å². The third kappa shape index (κ3) is 4.37. The van der Waals surface area contributed by atoms with Crippen molar-refractivity contribution in [2.75, 3.05) is 5.84 Å². The van der Waals surface area contributed by atoms with E-state index in [-0.39, 0.29) is 17.2 Å². The van der Waals surface area contributed by atoms with Crippen molar-refractivity contribution in [2.24, 2.45) is 0 Å². The zero-order valence-corrected chi connectivity index (χ0v) is 15.7. The number of halogens is 2. The van der Waals surface area contributed by atoms with E-state index in [0.717, 1.165) is 16.5 Å². The van der Waals surface area contributed by atoms with Gasteiger partial charge in [-0.2, -0.15) is 0 Å². The van der Waals surface area contributed by atoms with Gasteiger partial charge in [0.1, 0.15) is 11.6 Å². The second-order valence-corrected chi connectivity index (χ2v) is 6.39. The second kappa shape index (κ2) is 8.05. The number of aromatic carboxylic acids is 1. The van der Waals surface area contributed by atoms with Gasteiger partial charge in [-0.1, -0.05) is 12.1 Å². The monoisotopic (exact) mass is 396 g/mol.